The van der Waals surface area contributed by atoms with Gasteiger partial charge in [0.25, 0.3) is 0 Å². The molecule has 0 amide bonds. The fourth-order valence-corrected chi connectivity index (χ4v) is 3.44. The Bertz CT molecular complexity index is 1230. The first-order valence-electron chi connectivity index (χ1n) is 9.52. The van der Waals surface area contributed by atoms with Gasteiger partial charge in [-0.1, -0.05) is 12.2 Å². The number of nitriles is 1. The SMILES string of the molecule is Cc1cc2nc(-c3cncn3C)cc(/C=C/c3ccncc3)c2cc1CCC#N. The summed E-state index contributed by atoms with van der Waals surface area (Å²) in [6, 6.07) is 12.6. The summed E-state index contributed by atoms with van der Waals surface area (Å²) in [5, 5.41) is 10.1. The molecular weight excluding hydrogens is 358 g/mol. The number of rotatable bonds is 5. The van der Waals surface area contributed by atoms with Crippen molar-refractivity contribution in [3.8, 4) is 17.5 Å². The Kier molecular flexibility index (Phi) is 5.17. The molecule has 142 valence electrons. The van der Waals surface area contributed by atoms with E-state index in [0.29, 0.717) is 6.42 Å². The molecule has 0 aliphatic rings. The summed E-state index contributed by atoms with van der Waals surface area (Å²) in [6.07, 6.45) is 12.6. The van der Waals surface area contributed by atoms with Crippen LogP contribution in [0.2, 0.25) is 0 Å². The van der Waals surface area contributed by atoms with Crippen LogP contribution >= 0.6 is 0 Å². The molecule has 1 aromatic carbocycles. The van der Waals surface area contributed by atoms with Crippen molar-refractivity contribution < 1.29 is 0 Å². The molecule has 0 saturated carbocycles. The molecule has 5 nitrogen and oxygen atoms in total. The summed E-state index contributed by atoms with van der Waals surface area (Å²) >= 11 is 0. The molecule has 3 heterocycles. The Morgan fingerprint density at radius 2 is 1.93 bits per heavy atom. The van der Waals surface area contributed by atoms with Crippen molar-refractivity contribution in [3.05, 3.63) is 77.5 Å². The van der Waals surface area contributed by atoms with Gasteiger partial charge in [-0.2, -0.15) is 5.26 Å². The van der Waals surface area contributed by atoms with Crippen molar-refractivity contribution in [2.45, 2.75) is 19.8 Å². The van der Waals surface area contributed by atoms with Crippen LogP contribution in [0.3, 0.4) is 0 Å². The molecule has 3 aromatic heterocycles. The van der Waals surface area contributed by atoms with E-state index in [1.54, 1.807) is 18.7 Å². The lowest BCUT2D eigenvalue weighted by molar-refractivity contribution is 0.917. The molecule has 0 N–H and O–H groups in total. The second-order valence-electron chi connectivity index (χ2n) is 7.05. The quantitative estimate of drug-likeness (QED) is 0.491. The average molecular weight is 379 g/mol. The lowest BCUT2D eigenvalue weighted by atomic mass is 9.97. The molecule has 0 atom stereocenters. The van der Waals surface area contributed by atoms with E-state index in [1.807, 2.05) is 29.9 Å². The van der Waals surface area contributed by atoms with E-state index < -0.39 is 0 Å². The highest BCUT2D eigenvalue weighted by molar-refractivity contribution is 5.93. The van der Waals surface area contributed by atoms with Crippen LogP contribution in [0.15, 0.2) is 55.2 Å². The topological polar surface area (TPSA) is 67.4 Å². The highest BCUT2D eigenvalue weighted by atomic mass is 15.0. The second kappa shape index (κ2) is 8.07. The molecule has 0 aliphatic carbocycles. The highest BCUT2D eigenvalue weighted by Crippen LogP contribution is 2.28. The molecule has 0 unspecified atom stereocenters. The van der Waals surface area contributed by atoms with Gasteiger partial charge in [0.2, 0.25) is 0 Å². The van der Waals surface area contributed by atoms with Gasteiger partial charge >= 0.3 is 0 Å². The van der Waals surface area contributed by atoms with E-state index in [9.17, 15) is 0 Å². The maximum Gasteiger partial charge on any atom is 0.0948 e. The normalized spacial score (nSPS) is 11.2. The van der Waals surface area contributed by atoms with Crippen molar-refractivity contribution in [1.82, 2.24) is 19.5 Å². The molecule has 0 aliphatic heterocycles. The molecule has 0 spiro atoms. The summed E-state index contributed by atoms with van der Waals surface area (Å²) in [5.74, 6) is 0. The molecule has 0 radical (unpaired) electrons. The number of aromatic nitrogens is 4. The molecule has 0 saturated heterocycles. The monoisotopic (exact) mass is 379 g/mol. The van der Waals surface area contributed by atoms with Gasteiger partial charge in [-0.25, -0.2) is 9.97 Å². The Labute approximate surface area is 170 Å². The number of pyridine rings is 2. The van der Waals surface area contributed by atoms with Crippen molar-refractivity contribution in [2.24, 2.45) is 7.05 Å². The van der Waals surface area contributed by atoms with E-state index in [4.69, 9.17) is 10.2 Å². The van der Waals surface area contributed by atoms with Gasteiger partial charge in [0.1, 0.15) is 0 Å². The highest BCUT2D eigenvalue weighted by Gasteiger charge is 2.11. The average Bonchev–Trinajstić information content (AvgIpc) is 3.17. The summed E-state index contributed by atoms with van der Waals surface area (Å²) in [5.41, 5.74) is 7.31. The van der Waals surface area contributed by atoms with Gasteiger partial charge in [0.05, 0.1) is 35.5 Å². The Morgan fingerprint density at radius 1 is 1.10 bits per heavy atom. The lowest BCUT2D eigenvalue weighted by Crippen LogP contribution is -1.97. The van der Waals surface area contributed by atoms with Crippen LogP contribution in [0, 0.1) is 18.3 Å². The van der Waals surface area contributed by atoms with Crippen molar-refractivity contribution in [3.63, 3.8) is 0 Å². The van der Waals surface area contributed by atoms with Crippen LogP contribution in [-0.4, -0.2) is 19.5 Å². The smallest absolute Gasteiger partial charge is 0.0948 e. The van der Waals surface area contributed by atoms with Crippen molar-refractivity contribution >= 4 is 23.1 Å². The Balaban J connectivity index is 1.89. The number of imidazole rings is 1. The first-order valence-corrected chi connectivity index (χ1v) is 9.52. The number of benzene rings is 1. The predicted octanol–water partition coefficient (Wildman–Crippen LogP) is 4.97. The summed E-state index contributed by atoms with van der Waals surface area (Å²) in [4.78, 5) is 13.2. The molecule has 0 bridgehead atoms. The van der Waals surface area contributed by atoms with E-state index in [0.717, 1.165) is 45.4 Å². The van der Waals surface area contributed by atoms with Crippen LogP contribution in [0.1, 0.15) is 28.7 Å². The van der Waals surface area contributed by atoms with Crippen LogP contribution in [0.4, 0.5) is 0 Å². The molecule has 0 fully saturated rings. The van der Waals surface area contributed by atoms with Gasteiger partial charge in [-0.05, 0) is 65.9 Å². The largest absolute Gasteiger partial charge is 0.332 e. The molecular formula is C24H21N5. The molecule has 29 heavy (non-hydrogen) atoms. The number of nitrogens with zero attached hydrogens (tertiary/aromatic N) is 5. The zero-order valence-corrected chi connectivity index (χ0v) is 16.5. The van der Waals surface area contributed by atoms with Gasteiger partial charge in [0.15, 0.2) is 0 Å². The molecule has 5 heteroatoms. The maximum absolute atomic E-state index is 8.98. The zero-order chi connectivity index (χ0) is 20.2. The Hall–Kier alpha value is -3.78. The van der Waals surface area contributed by atoms with Crippen molar-refractivity contribution in [1.29, 1.82) is 5.26 Å². The van der Waals surface area contributed by atoms with Crippen LogP contribution in [-0.2, 0) is 13.5 Å². The maximum atomic E-state index is 8.98. The third-order valence-corrected chi connectivity index (χ3v) is 5.05. The zero-order valence-electron chi connectivity index (χ0n) is 16.5. The van der Waals surface area contributed by atoms with Crippen LogP contribution in [0.25, 0.3) is 34.4 Å². The minimum atomic E-state index is 0.509. The number of aryl methyl sites for hydroxylation is 3. The standard InChI is InChI=1S/C24H21N5/c1-17-12-22-21(13-19(17)4-3-9-25)20(6-5-18-7-10-26-11-8-18)14-23(28-22)24-15-27-16-29(24)2/h5-8,10-16H,3-4H2,1-2H3/b6-5+. The lowest BCUT2D eigenvalue weighted by Gasteiger charge is -2.11. The summed E-state index contributed by atoms with van der Waals surface area (Å²) in [7, 11) is 1.97. The second-order valence-corrected chi connectivity index (χ2v) is 7.05. The van der Waals surface area contributed by atoms with Gasteiger partial charge in [-0.15, -0.1) is 0 Å². The molecule has 4 rings (SSSR count). The minimum Gasteiger partial charge on any atom is -0.332 e. The first kappa shape index (κ1) is 18.6. The third-order valence-electron chi connectivity index (χ3n) is 5.05. The fourth-order valence-electron chi connectivity index (χ4n) is 3.44. The van der Waals surface area contributed by atoms with E-state index in [1.165, 1.54) is 5.56 Å². The van der Waals surface area contributed by atoms with E-state index in [2.05, 4.69) is 53.3 Å². The predicted molar refractivity (Wildman–Crippen MR) is 116 cm³/mol. The van der Waals surface area contributed by atoms with Crippen LogP contribution in [0.5, 0.6) is 0 Å². The number of fused-ring (bicyclic) bond motifs is 1. The first-order chi connectivity index (χ1) is 14.2. The van der Waals surface area contributed by atoms with Gasteiger partial charge < -0.3 is 4.57 Å². The van der Waals surface area contributed by atoms with Crippen molar-refractivity contribution in [2.75, 3.05) is 0 Å². The number of hydrogen-bond donors (Lipinski definition) is 0. The number of hydrogen-bond acceptors (Lipinski definition) is 4. The van der Waals surface area contributed by atoms with Crippen LogP contribution < -0.4 is 0 Å². The Morgan fingerprint density at radius 3 is 2.66 bits per heavy atom. The fraction of sp³-hybridized carbons (Fsp3) is 0.167. The van der Waals surface area contributed by atoms with Gasteiger partial charge in [-0.3, -0.25) is 4.98 Å². The van der Waals surface area contributed by atoms with E-state index >= 15 is 0 Å². The van der Waals surface area contributed by atoms with Gasteiger partial charge in [0, 0.05) is 31.2 Å². The summed E-state index contributed by atoms with van der Waals surface area (Å²) < 4.78 is 1.97. The van der Waals surface area contributed by atoms with E-state index in [-0.39, 0.29) is 0 Å². The third kappa shape index (κ3) is 3.92. The minimum absolute atomic E-state index is 0.509. The summed E-state index contributed by atoms with van der Waals surface area (Å²) in [6.45, 7) is 2.08. The molecule has 4 aromatic rings.